The molecule has 0 radical (unpaired) electrons. The van der Waals surface area contributed by atoms with Crippen molar-refractivity contribution >= 4 is 43.1 Å². The molecule has 0 heterocycles. The van der Waals surface area contributed by atoms with Crippen LogP contribution in [0.15, 0.2) is 52.3 Å². The summed E-state index contributed by atoms with van der Waals surface area (Å²) in [6, 6.07) is 9.15. The average Bonchev–Trinajstić information content (AvgIpc) is 2.61. The van der Waals surface area contributed by atoms with Crippen LogP contribution >= 0.6 is 11.6 Å². The average molecular weight is 445 g/mol. The van der Waals surface area contributed by atoms with Crippen molar-refractivity contribution in [3.63, 3.8) is 0 Å². The Hall–Kier alpha value is -2.10. The molecule has 10 heteroatoms. The third-order valence-electron chi connectivity index (χ3n) is 3.84. The molecule has 2 N–H and O–H groups in total. The van der Waals surface area contributed by atoms with Crippen molar-refractivity contribution in [1.82, 2.24) is 5.32 Å². The summed E-state index contributed by atoms with van der Waals surface area (Å²) in [5.74, 6) is -0.451. The summed E-state index contributed by atoms with van der Waals surface area (Å²) in [6.07, 6.45) is 2.77. The Morgan fingerprint density at radius 1 is 1.00 bits per heavy atom. The first-order chi connectivity index (χ1) is 13.0. The first kappa shape index (κ1) is 22.2. The molecule has 152 valence electrons. The minimum atomic E-state index is -4.00. The number of hydrogen-bond donors (Lipinski definition) is 2. The van der Waals surface area contributed by atoms with Crippen LogP contribution in [0.4, 0.5) is 5.69 Å². The van der Waals surface area contributed by atoms with Crippen molar-refractivity contribution in [2.45, 2.75) is 29.6 Å². The number of carbonyl (C=O) groups is 1. The molecule has 0 spiro atoms. The number of rotatable bonds is 8. The molecule has 0 aliphatic rings. The lowest BCUT2D eigenvalue weighted by molar-refractivity contribution is 0.0953. The van der Waals surface area contributed by atoms with Crippen molar-refractivity contribution in [3.8, 4) is 0 Å². The highest BCUT2D eigenvalue weighted by Gasteiger charge is 2.19. The number of anilines is 1. The molecule has 0 aliphatic carbocycles. The lowest BCUT2D eigenvalue weighted by Crippen LogP contribution is -2.25. The van der Waals surface area contributed by atoms with Gasteiger partial charge in [0.1, 0.15) is 0 Å². The molecule has 2 rings (SSSR count). The molecular formula is C18H21ClN2O5S2. The highest BCUT2D eigenvalue weighted by molar-refractivity contribution is 7.92. The highest BCUT2D eigenvalue weighted by Crippen LogP contribution is 2.23. The van der Waals surface area contributed by atoms with Crippen LogP contribution in [0.1, 0.15) is 30.1 Å². The SMILES string of the molecule is CCCCNC(=O)c1cc(S(=O)(=O)Nc2ccc(S(C)(=O)=O)cc2)ccc1Cl. The number of nitrogens with one attached hydrogen (secondary N) is 2. The zero-order valence-corrected chi connectivity index (χ0v) is 17.8. The normalized spacial score (nSPS) is 11.8. The van der Waals surface area contributed by atoms with E-state index in [4.69, 9.17) is 11.6 Å². The van der Waals surface area contributed by atoms with E-state index in [0.717, 1.165) is 19.1 Å². The van der Waals surface area contributed by atoms with Gasteiger partial charge >= 0.3 is 0 Å². The van der Waals surface area contributed by atoms with Crippen LogP contribution in [0, 0.1) is 0 Å². The van der Waals surface area contributed by atoms with Gasteiger partial charge in [0, 0.05) is 18.5 Å². The molecule has 0 saturated carbocycles. The molecule has 0 atom stereocenters. The number of sulfonamides is 1. The Labute approximate surface area is 170 Å². The van der Waals surface area contributed by atoms with Gasteiger partial charge in [-0.05, 0) is 48.9 Å². The van der Waals surface area contributed by atoms with E-state index in [0.29, 0.717) is 6.54 Å². The number of sulfone groups is 1. The summed E-state index contributed by atoms with van der Waals surface area (Å²) >= 11 is 6.04. The zero-order chi connectivity index (χ0) is 20.9. The van der Waals surface area contributed by atoms with E-state index < -0.39 is 25.8 Å². The lowest BCUT2D eigenvalue weighted by atomic mass is 10.2. The molecule has 0 bridgehead atoms. The van der Waals surface area contributed by atoms with Gasteiger partial charge in [0.15, 0.2) is 9.84 Å². The molecular weight excluding hydrogens is 424 g/mol. The standard InChI is InChI=1S/C18H21ClN2O5S2/c1-3-4-11-20-18(22)16-12-15(9-10-17(16)19)28(25,26)21-13-5-7-14(8-6-13)27(2,23)24/h5-10,12,21H,3-4,11H2,1-2H3,(H,20,22). The molecule has 2 aromatic rings. The fraction of sp³-hybridized carbons (Fsp3) is 0.278. The van der Waals surface area contributed by atoms with Crippen LogP contribution in [0.3, 0.4) is 0 Å². The monoisotopic (exact) mass is 444 g/mol. The third kappa shape index (κ3) is 5.70. The summed E-state index contributed by atoms with van der Waals surface area (Å²) in [7, 11) is -7.38. The summed E-state index contributed by atoms with van der Waals surface area (Å²) < 4.78 is 50.6. The number of carbonyl (C=O) groups excluding carboxylic acids is 1. The smallest absolute Gasteiger partial charge is 0.261 e. The summed E-state index contributed by atoms with van der Waals surface area (Å²) in [6.45, 7) is 2.45. The van der Waals surface area contributed by atoms with Crippen molar-refractivity contribution < 1.29 is 21.6 Å². The van der Waals surface area contributed by atoms with Crippen LogP contribution < -0.4 is 10.0 Å². The molecule has 0 aromatic heterocycles. The topological polar surface area (TPSA) is 109 Å². The molecule has 28 heavy (non-hydrogen) atoms. The Morgan fingerprint density at radius 2 is 1.61 bits per heavy atom. The van der Waals surface area contributed by atoms with Gasteiger partial charge in [-0.15, -0.1) is 0 Å². The highest BCUT2D eigenvalue weighted by atomic mass is 35.5. The molecule has 1 amide bonds. The summed E-state index contributed by atoms with van der Waals surface area (Å²) in [5, 5.41) is 2.84. The van der Waals surface area contributed by atoms with Crippen molar-refractivity contribution in [1.29, 1.82) is 0 Å². The van der Waals surface area contributed by atoms with Crippen molar-refractivity contribution in [3.05, 3.63) is 53.1 Å². The number of amides is 1. The second kappa shape index (κ2) is 8.93. The zero-order valence-electron chi connectivity index (χ0n) is 15.4. The van der Waals surface area contributed by atoms with E-state index in [1.165, 1.54) is 42.5 Å². The van der Waals surface area contributed by atoms with E-state index in [1.807, 2.05) is 6.92 Å². The van der Waals surface area contributed by atoms with Gasteiger partial charge in [0.25, 0.3) is 15.9 Å². The van der Waals surface area contributed by atoms with E-state index in [-0.39, 0.29) is 26.1 Å². The van der Waals surface area contributed by atoms with Crippen LogP contribution in [-0.4, -0.2) is 35.5 Å². The second-order valence-electron chi connectivity index (χ2n) is 6.15. The predicted molar refractivity (Wildman–Crippen MR) is 109 cm³/mol. The molecule has 0 saturated heterocycles. The van der Waals surface area contributed by atoms with Gasteiger partial charge in [-0.1, -0.05) is 24.9 Å². The molecule has 0 aliphatic heterocycles. The number of hydrogen-bond acceptors (Lipinski definition) is 5. The third-order valence-corrected chi connectivity index (χ3v) is 6.68. The first-order valence-corrected chi connectivity index (χ1v) is 12.2. The van der Waals surface area contributed by atoms with E-state index >= 15 is 0 Å². The van der Waals surface area contributed by atoms with Gasteiger partial charge in [-0.3, -0.25) is 9.52 Å². The molecule has 0 fully saturated rings. The fourth-order valence-electron chi connectivity index (χ4n) is 2.30. The molecule has 0 unspecified atom stereocenters. The Bertz CT molecular complexity index is 1070. The second-order valence-corrected chi connectivity index (χ2v) is 10.3. The minimum absolute atomic E-state index is 0.0630. The summed E-state index contributed by atoms with van der Waals surface area (Å²) in [4.78, 5) is 12.2. The lowest BCUT2D eigenvalue weighted by Gasteiger charge is -2.11. The van der Waals surface area contributed by atoms with Crippen LogP contribution in [0.2, 0.25) is 5.02 Å². The first-order valence-electron chi connectivity index (χ1n) is 8.45. The maximum Gasteiger partial charge on any atom is 0.261 e. The van der Waals surface area contributed by atoms with Crippen LogP contribution in [0.25, 0.3) is 0 Å². The van der Waals surface area contributed by atoms with Crippen LogP contribution in [0.5, 0.6) is 0 Å². The van der Waals surface area contributed by atoms with Gasteiger partial charge in [-0.2, -0.15) is 0 Å². The number of halogens is 1. The fourth-order valence-corrected chi connectivity index (χ4v) is 4.22. The van der Waals surface area contributed by atoms with E-state index in [2.05, 4.69) is 10.0 Å². The Balaban J connectivity index is 2.25. The molecule has 7 nitrogen and oxygen atoms in total. The minimum Gasteiger partial charge on any atom is -0.352 e. The Morgan fingerprint density at radius 3 is 2.18 bits per heavy atom. The van der Waals surface area contributed by atoms with Gasteiger partial charge < -0.3 is 5.32 Å². The van der Waals surface area contributed by atoms with Gasteiger partial charge in [0.05, 0.1) is 20.4 Å². The summed E-state index contributed by atoms with van der Waals surface area (Å²) in [5.41, 5.74) is 0.254. The Kier molecular flexibility index (Phi) is 7.08. The van der Waals surface area contributed by atoms with Gasteiger partial charge in [0.2, 0.25) is 0 Å². The predicted octanol–water partition coefficient (Wildman–Crippen LogP) is 3.07. The van der Waals surface area contributed by atoms with Crippen molar-refractivity contribution in [2.24, 2.45) is 0 Å². The maximum absolute atomic E-state index is 12.6. The molecule has 2 aromatic carbocycles. The van der Waals surface area contributed by atoms with Crippen LogP contribution in [-0.2, 0) is 19.9 Å². The number of benzene rings is 2. The van der Waals surface area contributed by atoms with E-state index in [9.17, 15) is 21.6 Å². The van der Waals surface area contributed by atoms with Gasteiger partial charge in [-0.25, -0.2) is 16.8 Å². The number of unbranched alkanes of at least 4 members (excludes halogenated alkanes) is 1. The van der Waals surface area contributed by atoms with E-state index in [1.54, 1.807) is 0 Å². The largest absolute Gasteiger partial charge is 0.352 e. The van der Waals surface area contributed by atoms with Crippen molar-refractivity contribution in [2.75, 3.05) is 17.5 Å². The maximum atomic E-state index is 12.6. The quantitative estimate of drug-likeness (QED) is 0.608.